The predicted molar refractivity (Wildman–Crippen MR) is 77.5 cm³/mol. The van der Waals surface area contributed by atoms with Crippen LogP contribution < -0.4 is 5.73 Å². The highest BCUT2D eigenvalue weighted by molar-refractivity contribution is 6.36. The van der Waals surface area contributed by atoms with Gasteiger partial charge in [0.2, 0.25) is 0 Å². The fraction of sp³-hybridized carbons (Fsp3) is 0.462. The van der Waals surface area contributed by atoms with Crippen molar-refractivity contribution >= 4 is 34.7 Å². The predicted octanol–water partition coefficient (Wildman–Crippen LogP) is 4.35. The lowest BCUT2D eigenvalue weighted by Gasteiger charge is -2.00. The van der Waals surface area contributed by atoms with Crippen LogP contribution >= 0.6 is 23.2 Å². The second-order valence-corrected chi connectivity index (χ2v) is 5.30. The summed E-state index contributed by atoms with van der Waals surface area (Å²) in [5.74, 6) is 0.644. The summed E-state index contributed by atoms with van der Waals surface area (Å²) in [4.78, 5) is 4.50. The summed E-state index contributed by atoms with van der Waals surface area (Å²) < 4.78 is 1.76. The fourth-order valence-electron chi connectivity index (χ4n) is 2.04. The molecule has 2 heterocycles. The molecule has 2 aromatic rings. The summed E-state index contributed by atoms with van der Waals surface area (Å²) in [6.45, 7) is 2.20. The maximum Gasteiger partial charge on any atom is 0.157 e. The van der Waals surface area contributed by atoms with Crippen LogP contribution in [-0.4, -0.2) is 9.38 Å². The van der Waals surface area contributed by atoms with Gasteiger partial charge >= 0.3 is 0 Å². The molecule has 0 amide bonds. The van der Waals surface area contributed by atoms with E-state index in [1.807, 2.05) is 0 Å². The van der Waals surface area contributed by atoms with Gasteiger partial charge in [0.15, 0.2) is 5.65 Å². The van der Waals surface area contributed by atoms with Gasteiger partial charge in [0, 0.05) is 6.20 Å². The Balaban J connectivity index is 2.24. The Bertz CT molecular complexity index is 549. The SMILES string of the molecule is CCCCCCc1nc2c(Cl)cc(Cl)cn2c1N. The molecule has 2 rings (SSSR count). The Morgan fingerprint density at radius 1 is 1.28 bits per heavy atom. The molecule has 0 atom stereocenters. The highest BCUT2D eigenvalue weighted by Gasteiger charge is 2.12. The van der Waals surface area contributed by atoms with E-state index < -0.39 is 0 Å². The van der Waals surface area contributed by atoms with Gasteiger partial charge in [-0.3, -0.25) is 4.40 Å². The lowest BCUT2D eigenvalue weighted by molar-refractivity contribution is 0.663. The van der Waals surface area contributed by atoms with Crippen LogP contribution in [-0.2, 0) is 6.42 Å². The largest absolute Gasteiger partial charge is 0.383 e. The molecule has 2 aromatic heterocycles. The number of aromatic nitrogens is 2. The molecular weight excluding hydrogens is 269 g/mol. The molecular formula is C13H17Cl2N3. The fourth-order valence-corrected chi connectivity index (χ4v) is 2.55. The van der Waals surface area contributed by atoms with Crippen molar-refractivity contribution in [1.29, 1.82) is 0 Å². The number of unbranched alkanes of at least 4 members (excludes halogenated alkanes) is 3. The van der Waals surface area contributed by atoms with Gasteiger partial charge in [-0.2, -0.15) is 0 Å². The van der Waals surface area contributed by atoms with E-state index in [0.717, 1.165) is 18.5 Å². The molecule has 0 saturated carbocycles. The van der Waals surface area contributed by atoms with Gasteiger partial charge in [-0.05, 0) is 18.9 Å². The summed E-state index contributed by atoms with van der Waals surface area (Å²) in [5.41, 5.74) is 7.67. The summed E-state index contributed by atoms with van der Waals surface area (Å²) in [6.07, 6.45) is 7.43. The van der Waals surface area contributed by atoms with Crippen molar-refractivity contribution < 1.29 is 0 Å². The van der Waals surface area contributed by atoms with E-state index in [1.165, 1.54) is 19.3 Å². The third-order valence-corrected chi connectivity index (χ3v) is 3.51. The molecule has 18 heavy (non-hydrogen) atoms. The van der Waals surface area contributed by atoms with Gasteiger partial charge in [0.05, 0.1) is 15.7 Å². The van der Waals surface area contributed by atoms with Crippen LogP contribution in [0.25, 0.3) is 5.65 Å². The van der Waals surface area contributed by atoms with Crippen molar-refractivity contribution in [2.45, 2.75) is 39.0 Å². The number of nitrogens with two attached hydrogens (primary N) is 1. The first-order chi connectivity index (χ1) is 8.63. The maximum atomic E-state index is 6.11. The zero-order chi connectivity index (χ0) is 13.1. The third-order valence-electron chi connectivity index (χ3n) is 3.02. The van der Waals surface area contributed by atoms with E-state index in [1.54, 1.807) is 16.7 Å². The van der Waals surface area contributed by atoms with Crippen molar-refractivity contribution in [3.8, 4) is 0 Å². The quantitative estimate of drug-likeness (QED) is 0.830. The molecule has 0 bridgehead atoms. The molecule has 0 radical (unpaired) electrons. The van der Waals surface area contributed by atoms with Crippen molar-refractivity contribution in [2.75, 3.05) is 5.73 Å². The average molecular weight is 286 g/mol. The number of imidazole rings is 1. The maximum absolute atomic E-state index is 6.11. The minimum absolute atomic E-state index is 0.536. The van der Waals surface area contributed by atoms with E-state index in [-0.39, 0.29) is 0 Å². The number of nitrogen functional groups attached to an aromatic ring is 1. The van der Waals surface area contributed by atoms with Gasteiger partial charge in [0.25, 0.3) is 0 Å². The zero-order valence-electron chi connectivity index (χ0n) is 10.4. The molecule has 0 unspecified atom stereocenters. The molecule has 0 aliphatic carbocycles. The van der Waals surface area contributed by atoms with Crippen LogP contribution in [0.1, 0.15) is 38.3 Å². The number of nitrogens with zero attached hydrogens (tertiary/aromatic N) is 2. The van der Waals surface area contributed by atoms with E-state index >= 15 is 0 Å². The van der Waals surface area contributed by atoms with Crippen molar-refractivity contribution in [3.63, 3.8) is 0 Å². The lowest BCUT2D eigenvalue weighted by Crippen LogP contribution is -1.96. The number of pyridine rings is 1. The second kappa shape index (κ2) is 5.81. The summed E-state index contributed by atoms with van der Waals surface area (Å²) in [6, 6.07) is 1.69. The van der Waals surface area contributed by atoms with Gasteiger partial charge in [-0.1, -0.05) is 49.4 Å². The van der Waals surface area contributed by atoms with Crippen molar-refractivity contribution in [1.82, 2.24) is 9.38 Å². The monoisotopic (exact) mass is 285 g/mol. The normalized spacial score (nSPS) is 11.3. The van der Waals surface area contributed by atoms with Gasteiger partial charge in [-0.25, -0.2) is 4.98 Å². The Hall–Kier alpha value is -0.930. The first kappa shape index (κ1) is 13.5. The van der Waals surface area contributed by atoms with Crippen LogP contribution in [0.5, 0.6) is 0 Å². The van der Waals surface area contributed by atoms with Gasteiger partial charge < -0.3 is 5.73 Å². The zero-order valence-corrected chi connectivity index (χ0v) is 11.9. The Kier molecular flexibility index (Phi) is 4.36. The molecule has 5 heteroatoms. The first-order valence-electron chi connectivity index (χ1n) is 6.25. The summed E-state index contributed by atoms with van der Waals surface area (Å²) >= 11 is 12.1. The Labute approximate surface area is 117 Å². The summed E-state index contributed by atoms with van der Waals surface area (Å²) in [7, 11) is 0. The standard InChI is InChI=1S/C13H17Cl2N3/c1-2-3-4-5-6-11-12(16)18-8-9(14)7-10(15)13(18)17-11/h7-8H,2-6,16H2,1H3. The van der Waals surface area contributed by atoms with E-state index in [0.29, 0.717) is 21.5 Å². The number of anilines is 1. The number of halogens is 2. The van der Waals surface area contributed by atoms with Crippen LogP contribution in [0.15, 0.2) is 12.3 Å². The minimum Gasteiger partial charge on any atom is -0.383 e. The Morgan fingerprint density at radius 3 is 2.78 bits per heavy atom. The number of aryl methyl sites for hydroxylation is 1. The van der Waals surface area contributed by atoms with E-state index in [2.05, 4.69) is 11.9 Å². The number of hydrogen-bond donors (Lipinski definition) is 1. The molecule has 0 fully saturated rings. The van der Waals surface area contributed by atoms with E-state index in [9.17, 15) is 0 Å². The molecule has 0 aromatic carbocycles. The molecule has 0 aliphatic heterocycles. The van der Waals surface area contributed by atoms with Crippen LogP contribution in [0.2, 0.25) is 10.0 Å². The molecule has 0 aliphatic rings. The molecule has 2 N–H and O–H groups in total. The first-order valence-corrected chi connectivity index (χ1v) is 7.00. The van der Waals surface area contributed by atoms with Crippen LogP contribution in [0, 0.1) is 0 Å². The second-order valence-electron chi connectivity index (χ2n) is 4.45. The topological polar surface area (TPSA) is 43.3 Å². The highest BCUT2D eigenvalue weighted by Crippen LogP contribution is 2.26. The highest BCUT2D eigenvalue weighted by atomic mass is 35.5. The van der Waals surface area contributed by atoms with E-state index in [4.69, 9.17) is 28.9 Å². The third kappa shape index (κ3) is 2.73. The van der Waals surface area contributed by atoms with Gasteiger partial charge in [0.1, 0.15) is 5.82 Å². The minimum atomic E-state index is 0.536. The van der Waals surface area contributed by atoms with Crippen LogP contribution in [0.4, 0.5) is 5.82 Å². The number of hydrogen-bond acceptors (Lipinski definition) is 2. The van der Waals surface area contributed by atoms with Crippen molar-refractivity contribution in [3.05, 3.63) is 28.0 Å². The molecule has 3 nitrogen and oxygen atoms in total. The summed E-state index contributed by atoms with van der Waals surface area (Å²) in [5, 5.41) is 1.10. The van der Waals surface area contributed by atoms with Crippen LogP contribution in [0.3, 0.4) is 0 Å². The molecule has 98 valence electrons. The Morgan fingerprint density at radius 2 is 2.06 bits per heavy atom. The molecule has 0 saturated heterocycles. The number of rotatable bonds is 5. The lowest BCUT2D eigenvalue weighted by atomic mass is 10.1. The van der Waals surface area contributed by atoms with Gasteiger partial charge in [-0.15, -0.1) is 0 Å². The smallest absolute Gasteiger partial charge is 0.157 e. The number of fused-ring (bicyclic) bond motifs is 1. The van der Waals surface area contributed by atoms with Crippen molar-refractivity contribution in [2.24, 2.45) is 0 Å². The average Bonchev–Trinajstić information content (AvgIpc) is 2.63. The molecule has 0 spiro atoms.